The Hall–Kier alpha value is -3.06. The fraction of sp³-hybridized carbons (Fsp3) is 0.286. The summed E-state index contributed by atoms with van der Waals surface area (Å²) in [7, 11) is 0. The van der Waals surface area contributed by atoms with Gasteiger partial charge in [0, 0.05) is 13.0 Å². The molecule has 29 heavy (non-hydrogen) atoms. The molecule has 0 atom stereocenters. The monoisotopic (exact) mass is 416 g/mol. The summed E-state index contributed by atoms with van der Waals surface area (Å²) >= 11 is 6.18. The van der Waals surface area contributed by atoms with Crippen LogP contribution in [0.2, 0.25) is 5.02 Å². The summed E-state index contributed by atoms with van der Waals surface area (Å²) in [6.07, 6.45) is 1.20. The minimum Gasteiger partial charge on any atom is -0.492 e. The number of esters is 1. The van der Waals surface area contributed by atoms with E-state index in [0.717, 1.165) is 6.42 Å². The van der Waals surface area contributed by atoms with E-state index in [-0.39, 0.29) is 11.5 Å². The van der Waals surface area contributed by atoms with Gasteiger partial charge in [0.2, 0.25) is 5.91 Å². The molecule has 0 bridgehead atoms. The number of ether oxygens (including phenoxy) is 2. The lowest BCUT2D eigenvalue weighted by molar-refractivity contribution is -0.119. The van der Waals surface area contributed by atoms with Gasteiger partial charge in [-0.1, -0.05) is 23.7 Å². The van der Waals surface area contributed by atoms with Crippen molar-refractivity contribution in [3.63, 3.8) is 0 Å². The van der Waals surface area contributed by atoms with E-state index >= 15 is 0 Å². The van der Waals surface area contributed by atoms with Crippen LogP contribution < -0.4 is 15.0 Å². The van der Waals surface area contributed by atoms with E-state index in [9.17, 15) is 14.4 Å². The van der Waals surface area contributed by atoms with Gasteiger partial charge in [-0.05, 0) is 43.7 Å². The normalized spacial score (nSPS) is 13.3. The zero-order valence-corrected chi connectivity index (χ0v) is 16.7. The number of halogens is 1. The van der Waals surface area contributed by atoms with Crippen molar-refractivity contribution in [3.05, 3.63) is 53.1 Å². The van der Waals surface area contributed by atoms with Crippen LogP contribution in [0.25, 0.3) is 0 Å². The Morgan fingerprint density at radius 1 is 1.21 bits per heavy atom. The Labute approximate surface area is 173 Å². The second-order valence-corrected chi connectivity index (χ2v) is 6.78. The van der Waals surface area contributed by atoms with E-state index in [2.05, 4.69) is 5.32 Å². The Morgan fingerprint density at radius 2 is 2.00 bits per heavy atom. The van der Waals surface area contributed by atoms with Crippen LogP contribution >= 0.6 is 11.6 Å². The molecule has 2 amide bonds. The molecular formula is C21H21ClN2O5. The fourth-order valence-corrected chi connectivity index (χ4v) is 3.22. The largest absolute Gasteiger partial charge is 0.492 e. The molecule has 2 aromatic carbocycles. The zero-order chi connectivity index (χ0) is 20.8. The van der Waals surface area contributed by atoms with Gasteiger partial charge in [-0.15, -0.1) is 0 Å². The van der Waals surface area contributed by atoms with Crippen LogP contribution in [0, 0.1) is 0 Å². The average molecular weight is 417 g/mol. The second-order valence-electron chi connectivity index (χ2n) is 6.37. The lowest BCUT2D eigenvalue weighted by Gasteiger charge is -2.18. The minimum absolute atomic E-state index is 0.0373. The molecule has 2 aromatic rings. The Balaban J connectivity index is 1.62. The third-order valence-corrected chi connectivity index (χ3v) is 4.66. The lowest BCUT2D eigenvalue weighted by Crippen LogP contribution is -2.25. The van der Waals surface area contributed by atoms with Crippen LogP contribution in [-0.2, 0) is 14.3 Å². The third kappa shape index (κ3) is 5.06. The van der Waals surface area contributed by atoms with Gasteiger partial charge in [0.05, 0.1) is 28.6 Å². The molecule has 7 nitrogen and oxygen atoms in total. The molecule has 0 unspecified atom stereocenters. The molecule has 1 saturated heterocycles. The van der Waals surface area contributed by atoms with Gasteiger partial charge in [-0.2, -0.15) is 0 Å². The quantitative estimate of drug-likeness (QED) is 0.696. The van der Waals surface area contributed by atoms with Gasteiger partial charge in [0.15, 0.2) is 6.61 Å². The fourth-order valence-electron chi connectivity index (χ4n) is 3.00. The maximum absolute atomic E-state index is 12.4. The number of anilines is 2. The summed E-state index contributed by atoms with van der Waals surface area (Å²) < 4.78 is 10.6. The lowest BCUT2D eigenvalue weighted by atomic mass is 10.2. The van der Waals surface area contributed by atoms with Gasteiger partial charge in [0.1, 0.15) is 5.75 Å². The van der Waals surface area contributed by atoms with Gasteiger partial charge in [-0.3, -0.25) is 9.59 Å². The molecule has 1 aliphatic rings. The highest BCUT2D eigenvalue weighted by atomic mass is 35.5. The van der Waals surface area contributed by atoms with Crippen molar-refractivity contribution in [2.45, 2.75) is 19.8 Å². The van der Waals surface area contributed by atoms with Gasteiger partial charge in [0.25, 0.3) is 5.91 Å². The molecule has 0 aliphatic carbocycles. The first-order valence-corrected chi connectivity index (χ1v) is 9.66. The Morgan fingerprint density at radius 3 is 2.72 bits per heavy atom. The number of rotatable bonds is 7. The van der Waals surface area contributed by atoms with Crippen molar-refractivity contribution in [2.24, 2.45) is 0 Å². The van der Waals surface area contributed by atoms with Crippen LogP contribution in [-0.4, -0.2) is 37.5 Å². The summed E-state index contributed by atoms with van der Waals surface area (Å²) in [6, 6.07) is 11.5. The molecule has 152 valence electrons. The summed E-state index contributed by atoms with van der Waals surface area (Å²) in [5.74, 6) is -0.672. The highest BCUT2D eigenvalue weighted by molar-refractivity contribution is 6.34. The first-order valence-electron chi connectivity index (χ1n) is 9.28. The molecule has 3 rings (SSSR count). The highest BCUT2D eigenvalue weighted by Crippen LogP contribution is 2.30. The van der Waals surface area contributed by atoms with E-state index in [1.165, 1.54) is 18.2 Å². The van der Waals surface area contributed by atoms with Crippen LogP contribution in [0.3, 0.4) is 0 Å². The SMILES string of the molecule is CCOc1ccccc1NC(=O)COC(=O)c1ccc(Cl)c(N2CCCC2=O)c1. The number of hydrogen-bond donors (Lipinski definition) is 1. The van der Waals surface area contributed by atoms with Crippen molar-refractivity contribution in [2.75, 3.05) is 30.0 Å². The van der Waals surface area contributed by atoms with Crippen LogP contribution in [0.5, 0.6) is 5.75 Å². The minimum atomic E-state index is -0.678. The van der Waals surface area contributed by atoms with Crippen LogP contribution in [0.4, 0.5) is 11.4 Å². The number of hydrogen-bond acceptors (Lipinski definition) is 5. The Bertz CT molecular complexity index is 931. The van der Waals surface area contributed by atoms with Crippen molar-refractivity contribution >= 4 is 40.8 Å². The van der Waals surface area contributed by atoms with E-state index in [0.29, 0.717) is 41.7 Å². The van der Waals surface area contributed by atoms with Crippen molar-refractivity contribution in [1.29, 1.82) is 0 Å². The highest BCUT2D eigenvalue weighted by Gasteiger charge is 2.25. The topological polar surface area (TPSA) is 84.9 Å². The molecule has 0 saturated carbocycles. The van der Waals surface area contributed by atoms with Gasteiger partial charge < -0.3 is 19.7 Å². The molecule has 0 spiro atoms. The number of carbonyl (C=O) groups is 3. The predicted octanol–water partition coefficient (Wildman–Crippen LogP) is 3.66. The first-order chi connectivity index (χ1) is 14.0. The van der Waals surface area contributed by atoms with Gasteiger partial charge >= 0.3 is 5.97 Å². The molecule has 8 heteroatoms. The van der Waals surface area contributed by atoms with E-state index in [1.807, 2.05) is 6.92 Å². The molecule has 0 radical (unpaired) electrons. The Kier molecular flexibility index (Phi) is 6.72. The van der Waals surface area contributed by atoms with Crippen molar-refractivity contribution < 1.29 is 23.9 Å². The molecule has 1 heterocycles. The standard InChI is InChI=1S/C21H21ClN2O5/c1-2-28-18-7-4-3-6-16(18)23-19(25)13-29-21(27)14-9-10-15(22)17(12-14)24-11-5-8-20(24)26/h3-4,6-7,9-10,12H,2,5,8,11,13H2,1H3,(H,23,25). The number of nitrogens with one attached hydrogen (secondary N) is 1. The summed E-state index contributed by atoms with van der Waals surface area (Å²) in [5, 5.41) is 3.03. The first kappa shape index (κ1) is 20.7. The van der Waals surface area contributed by atoms with Crippen LogP contribution in [0.15, 0.2) is 42.5 Å². The zero-order valence-electron chi connectivity index (χ0n) is 15.9. The number of amides is 2. The number of para-hydroxylation sites is 2. The number of benzene rings is 2. The molecule has 0 aromatic heterocycles. The van der Waals surface area contributed by atoms with Crippen molar-refractivity contribution in [1.82, 2.24) is 0 Å². The summed E-state index contributed by atoms with van der Waals surface area (Å²) in [4.78, 5) is 38.0. The van der Waals surface area contributed by atoms with E-state index < -0.39 is 18.5 Å². The smallest absolute Gasteiger partial charge is 0.338 e. The van der Waals surface area contributed by atoms with E-state index in [4.69, 9.17) is 21.1 Å². The molecular weight excluding hydrogens is 396 g/mol. The maximum atomic E-state index is 12.4. The third-order valence-electron chi connectivity index (χ3n) is 4.34. The van der Waals surface area contributed by atoms with Crippen molar-refractivity contribution in [3.8, 4) is 5.75 Å². The maximum Gasteiger partial charge on any atom is 0.338 e. The number of carbonyl (C=O) groups excluding carboxylic acids is 3. The molecule has 1 fully saturated rings. The van der Waals surface area contributed by atoms with E-state index in [1.54, 1.807) is 29.2 Å². The van der Waals surface area contributed by atoms with Gasteiger partial charge in [-0.25, -0.2) is 4.79 Å². The molecule has 1 N–H and O–H groups in total. The number of nitrogens with zero attached hydrogens (tertiary/aromatic N) is 1. The summed E-state index contributed by atoms with van der Waals surface area (Å²) in [5.41, 5.74) is 1.18. The second kappa shape index (κ2) is 9.43. The van der Waals surface area contributed by atoms with Crippen LogP contribution in [0.1, 0.15) is 30.1 Å². The molecule has 1 aliphatic heterocycles. The average Bonchev–Trinajstić information content (AvgIpc) is 3.14. The summed E-state index contributed by atoms with van der Waals surface area (Å²) in [6.45, 7) is 2.40. The predicted molar refractivity (Wildman–Crippen MR) is 110 cm³/mol.